The lowest BCUT2D eigenvalue weighted by atomic mass is 9.94. The van der Waals surface area contributed by atoms with Gasteiger partial charge in [-0.05, 0) is 29.2 Å². The molecule has 82 valence electrons. The summed E-state index contributed by atoms with van der Waals surface area (Å²) in [6.07, 6.45) is 2.57. The van der Waals surface area contributed by atoms with Gasteiger partial charge in [0.2, 0.25) is 0 Å². The van der Waals surface area contributed by atoms with Crippen LogP contribution < -0.4 is 0 Å². The second kappa shape index (κ2) is 4.88. The summed E-state index contributed by atoms with van der Waals surface area (Å²) >= 11 is 0. The topological polar surface area (TPSA) is 25.8 Å². The van der Waals surface area contributed by atoms with Crippen molar-refractivity contribution >= 4 is 0 Å². The second-order valence-corrected chi connectivity index (χ2v) is 4.25. The molecule has 0 amide bonds. The zero-order chi connectivity index (χ0) is 11.4. The fourth-order valence-corrected chi connectivity index (χ4v) is 1.88. The van der Waals surface area contributed by atoms with Crippen molar-refractivity contribution in [1.29, 1.82) is 0 Å². The molecule has 0 bridgehead atoms. The Morgan fingerprint density at radius 1 is 1.06 bits per heavy atom. The van der Waals surface area contributed by atoms with Crippen molar-refractivity contribution in [1.82, 2.24) is 10.2 Å². The highest BCUT2D eigenvalue weighted by atomic mass is 15.1. The third-order valence-electron chi connectivity index (χ3n) is 2.68. The van der Waals surface area contributed by atoms with Gasteiger partial charge < -0.3 is 0 Å². The summed E-state index contributed by atoms with van der Waals surface area (Å²) in [5.41, 5.74) is 3.77. The Bertz CT molecular complexity index is 449. The van der Waals surface area contributed by atoms with Gasteiger partial charge in [-0.15, -0.1) is 0 Å². The van der Waals surface area contributed by atoms with Gasteiger partial charge in [0.15, 0.2) is 0 Å². The summed E-state index contributed by atoms with van der Waals surface area (Å²) in [4.78, 5) is 0. The van der Waals surface area contributed by atoms with E-state index in [0.717, 1.165) is 12.1 Å². The van der Waals surface area contributed by atoms with Crippen LogP contribution in [0.4, 0.5) is 0 Å². The first kappa shape index (κ1) is 10.8. The van der Waals surface area contributed by atoms with Crippen molar-refractivity contribution in [3.63, 3.8) is 0 Å². The molecule has 1 heterocycles. The first-order valence-corrected chi connectivity index (χ1v) is 5.61. The van der Waals surface area contributed by atoms with Crippen LogP contribution in [0.5, 0.6) is 0 Å². The van der Waals surface area contributed by atoms with Crippen molar-refractivity contribution < 1.29 is 0 Å². The predicted molar refractivity (Wildman–Crippen MR) is 65.4 cm³/mol. The van der Waals surface area contributed by atoms with Crippen LogP contribution >= 0.6 is 0 Å². The minimum absolute atomic E-state index is 0.549. The average molecular weight is 212 g/mol. The van der Waals surface area contributed by atoms with E-state index in [4.69, 9.17) is 0 Å². The van der Waals surface area contributed by atoms with Gasteiger partial charge in [-0.3, -0.25) is 0 Å². The van der Waals surface area contributed by atoms with Gasteiger partial charge >= 0.3 is 0 Å². The monoisotopic (exact) mass is 212 g/mol. The van der Waals surface area contributed by atoms with Gasteiger partial charge in [-0.25, -0.2) is 0 Å². The Morgan fingerprint density at radius 2 is 1.88 bits per heavy atom. The fraction of sp³-hybridized carbons (Fsp3) is 0.286. The quantitative estimate of drug-likeness (QED) is 0.780. The molecule has 2 heteroatoms. The zero-order valence-electron chi connectivity index (χ0n) is 9.72. The highest BCUT2D eigenvalue weighted by molar-refractivity contribution is 5.32. The molecule has 2 nitrogen and oxygen atoms in total. The van der Waals surface area contributed by atoms with Crippen LogP contribution in [0.25, 0.3) is 0 Å². The molecule has 0 unspecified atom stereocenters. The van der Waals surface area contributed by atoms with Crippen molar-refractivity contribution in [2.75, 3.05) is 0 Å². The van der Waals surface area contributed by atoms with E-state index in [0.29, 0.717) is 5.92 Å². The van der Waals surface area contributed by atoms with Crippen LogP contribution in [0.3, 0.4) is 0 Å². The van der Waals surface area contributed by atoms with E-state index in [1.807, 2.05) is 12.1 Å². The second-order valence-electron chi connectivity index (χ2n) is 4.25. The summed E-state index contributed by atoms with van der Waals surface area (Å²) in [5, 5.41) is 8.03. The maximum atomic E-state index is 4.12. The summed E-state index contributed by atoms with van der Waals surface area (Å²) in [7, 11) is 0. The standard InChI is InChI=1S/C14H16N2/c1-11(2)14-8-4-3-6-12(14)10-13-7-5-9-15-16-13/h3-9,11H,10H2,1-2H3. The number of rotatable bonds is 3. The van der Waals surface area contributed by atoms with Crippen LogP contribution in [0.15, 0.2) is 42.6 Å². The van der Waals surface area contributed by atoms with Gasteiger partial charge in [-0.2, -0.15) is 10.2 Å². The van der Waals surface area contributed by atoms with Gasteiger partial charge in [0.25, 0.3) is 0 Å². The maximum absolute atomic E-state index is 4.12. The highest BCUT2D eigenvalue weighted by Gasteiger charge is 2.06. The lowest BCUT2D eigenvalue weighted by molar-refractivity contribution is 0.839. The number of hydrogen-bond donors (Lipinski definition) is 0. The smallest absolute Gasteiger partial charge is 0.0674 e. The summed E-state index contributed by atoms with van der Waals surface area (Å²) in [6, 6.07) is 12.5. The minimum atomic E-state index is 0.549. The molecule has 1 aromatic carbocycles. The third-order valence-corrected chi connectivity index (χ3v) is 2.68. The molecule has 0 aliphatic heterocycles. The molecule has 0 radical (unpaired) electrons. The molecule has 1 aromatic heterocycles. The van der Waals surface area contributed by atoms with E-state index in [-0.39, 0.29) is 0 Å². The molecule has 2 aromatic rings. The molecule has 0 aliphatic carbocycles. The Morgan fingerprint density at radius 3 is 2.56 bits per heavy atom. The van der Waals surface area contributed by atoms with Crippen LogP contribution in [0.1, 0.15) is 36.6 Å². The number of hydrogen-bond acceptors (Lipinski definition) is 2. The Hall–Kier alpha value is -1.70. The molecule has 0 N–H and O–H groups in total. The maximum Gasteiger partial charge on any atom is 0.0674 e. The third kappa shape index (κ3) is 2.45. The molecule has 16 heavy (non-hydrogen) atoms. The average Bonchev–Trinajstić information content (AvgIpc) is 2.31. The number of nitrogens with zero attached hydrogens (tertiary/aromatic N) is 2. The first-order valence-electron chi connectivity index (χ1n) is 5.61. The normalized spacial score (nSPS) is 10.7. The SMILES string of the molecule is CC(C)c1ccccc1Cc1cccnn1. The molecule has 0 aliphatic rings. The predicted octanol–water partition coefficient (Wildman–Crippen LogP) is 3.19. The van der Waals surface area contributed by atoms with Gasteiger partial charge in [0.1, 0.15) is 0 Å². The summed E-state index contributed by atoms with van der Waals surface area (Å²) in [6.45, 7) is 4.44. The van der Waals surface area contributed by atoms with Crippen molar-refractivity contribution in [2.45, 2.75) is 26.2 Å². The molecule has 0 saturated carbocycles. The van der Waals surface area contributed by atoms with Crippen molar-refractivity contribution in [3.05, 3.63) is 59.4 Å². The van der Waals surface area contributed by atoms with Crippen molar-refractivity contribution in [3.8, 4) is 0 Å². The first-order chi connectivity index (χ1) is 7.77. The highest BCUT2D eigenvalue weighted by Crippen LogP contribution is 2.20. The minimum Gasteiger partial charge on any atom is -0.159 e. The Kier molecular flexibility index (Phi) is 3.30. The molecular weight excluding hydrogens is 196 g/mol. The molecule has 0 fully saturated rings. The van der Waals surface area contributed by atoms with Crippen molar-refractivity contribution in [2.24, 2.45) is 0 Å². The van der Waals surface area contributed by atoms with Crippen LogP contribution in [-0.4, -0.2) is 10.2 Å². The molecule has 0 saturated heterocycles. The molecule has 0 spiro atoms. The summed E-state index contributed by atoms with van der Waals surface area (Å²) < 4.78 is 0. The van der Waals surface area contributed by atoms with E-state index in [1.165, 1.54) is 11.1 Å². The van der Waals surface area contributed by atoms with Crippen LogP contribution in [0.2, 0.25) is 0 Å². The Balaban J connectivity index is 2.28. The van der Waals surface area contributed by atoms with E-state index in [2.05, 4.69) is 48.3 Å². The molecule has 0 atom stereocenters. The van der Waals surface area contributed by atoms with E-state index < -0.39 is 0 Å². The fourth-order valence-electron chi connectivity index (χ4n) is 1.88. The lowest BCUT2D eigenvalue weighted by Gasteiger charge is -2.11. The van der Waals surface area contributed by atoms with E-state index in [9.17, 15) is 0 Å². The number of aromatic nitrogens is 2. The zero-order valence-corrected chi connectivity index (χ0v) is 9.72. The van der Waals surface area contributed by atoms with Crippen LogP contribution in [0, 0.1) is 0 Å². The largest absolute Gasteiger partial charge is 0.159 e. The van der Waals surface area contributed by atoms with Gasteiger partial charge in [0, 0.05) is 12.6 Å². The van der Waals surface area contributed by atoms with E-state index in [1.54, 1.807) is 6.20 Å². The van der Waals surface area contributed by atoms with Gasteiger partial charge in [0.05, 0.1) is 5.69 Å². The Labute approximate surface area is 96.4 Å². The summed E-state index contributed by atoms with van der Waals surface area (Å²) in [5.74, 6) is 0.549. The molecular formula is C14H16N2. The number of benzene rings is 1. The van der Waals surface area contributed by atoms with Crippen LogP contribution in [-0.2, 0) is 6.42 Å². The van der Waals surface area contributed by atoms with Gasteiger partial charge in [-0.1, -0.05) is 38.1 Å². The van der Waals surface area contributed by atoms with E-state index >= 15 is 0 Å². The lowest BCUT2D eigenvalue weighted by Crippen LogP contribution is -1.99. The molecule has 2 rings (SSSR count).